The second-order valence-electron chi connectivity index (χ2n) is 4.07. The zero-order chi connectivity index (χ0) is 15.7. The lowest BCUT2D eigenvalue weighted by Crippen LogP contribution is -2.19. The van der Waals surface area contributed by atoms with Gasteiger partial charge < -0.3 is 10.4 Å². The zero-order valence-corrected chi connectivity index (χ0v) is 11.4. The summed E-state index contributed by atoms with van der Waals surface area (Å²) < 4.78 is 4.58. The predicted octanol–water partition coefficient (Wildman–Crippen LogP) is 1.62. The van der Waals surface area contributed by atoms with Crippen LogP contribution in [0.25, 0.3) is 11.0 Å². The van der Waals surface area contributed by atoms with Crippen molar-refractivity contribution >= 4 is 40.2 Å². The number of hydrogen-bond donors (Lipinski definition) is 2. The molecular formula is C12H6ClN5O4. The highest BCUT2D eigenvalue weighted by Gasteiger charge is 2.21. The van der Waals surface area contributed by atoms with Gasteiger partial charge in [-0.15, -0.1) is 0 Å². The van der Waals surface area contributed by atoms with Crippen molar-refractivity contribution in [2.24, 2.45) is 0 Å². The monoisotopic (exact) mass is 319 g/mol. The lowest BCUT2D eigenvalue weighted by atomic mass is 10.2. The maximum Gasteiger partial charge on any atom is 0.356 e. The molecule has 0 atom stereocenters. The zero-order valence-electron chi connectivity index (χ0n) is 10.6. The van der Waals surface area contributed by atoms with Crippen molar-refractivity contribution in [1.82, 2.24) is 20.3 Å². The number of carboxylic acids is 1. The van der Waals surface area contributed by atoms with Crippen LogP contribution in [0.2, 0.25) is 5.02 Å². The Kier molecular flexibility index (Phi) is 3.39. The van der Waals surface area contributed by atoms with Crippen molar-refractivity contribution in [3.05, 3.63) is 40.9 Å². The van der Waals surface area contributed by atoms with E-state index in [0.717, 1.165) is 0 Å². The summed E-state index contributed by atoms with van der Waals surface area (Å²) in [5.74, 6) is -2.11. The fourth-order valence-electron chi connectivity index (χ4n) is 1.78. The summed E-state index contributed by atoms with van der Waals surface area (Å²) in [5, 5.41) is 19.1. The largest absolute Gasteiger partial charge is 0.476 e. The maximum atomic E-state index is 12.2. The van der Waals surface area contributed by atoms with Crippen LogP contribution in [0.15, 0.2) is 29.2 Å². The maximum absolute atomic E-state index is 12.2. The van der Waals surface area contributed by atoms with Crippen LogP contribution in [0.4, 0.5) is 5.69 Å². The number of fused-ring (bicyclic) bond motifs is 1. The Morgan fingerprint density at radius 2 is 1.77 bits per heavy atom. The molecule has 2 heterocycles. The van der Waals surface area contributed by atoms with Crippen LogP contribution in [-0.2, 0) is 0 Å². The molecule has 10 heteroatoms. The third kappa shape index (κ3) is 2.33. The SMILES string of the molecule is O=C(O)c1nccnc1C(=O)Nc1ccc(Cl)c2nonc12. The van der Waals surface area contributed by atoms with E-state index in [1.807, 2.05) is 0 Å². The smallest absolute Gasteiger partial charge is 0.356 e. The molecule has 0 unspecified atom stereocenters. The number of carbonyl (C=O) groups is 2. The molecule has 0 bridgehead atoms. The van der Waals surface area contributed by atoms with Crippen LogP contribution in [0, 0.1) is 0 Å². The van der Waals surface area contributed by atoms with Gasteiger partial charge in [-0.2, -0.15) is 0 Å². The first-order valence-corrected chi connectivity index (χ1v) is 6.22. The molecule has 3 aromatic rings. The number of carbonyl (C=O) groups excluding carboxylic acids is 1. The van der Waals surface area contributed by atoms with Crippen LogP contribution >= 0.6 is 11.6 Å². The van der Waals surface area contributed by atoms with E-state index in [-0.39, 0.29) is 22.4 Å². The Bertz CT molecular complexity index is 894. The number of aromatic carboxylic acids is 1. The van der Waals surface area contributed by atoms with Crippen LogP contribution in [-0.4, -0.2) is 37.3 Å². The second kappa shape index (κ2) is 5.37. The molecule has 0 saturated heterocycles. The first kappa shape index (κ1) is 13.9. The Morgan fingerprint density at radius 1 is 1.09 bits per heavy atom. The first-order chi connectivity index (χ1) is 10.6. The number of hydrogen-bond acceptors (Lipinski definition) is 7. The summed E-state index contributed by atoms with van der Waals surface area (Å²) in [4.78, 5) is 30.6. The molecule has 0 saturated carbocycles. The average molecular weight is 320 g/mol. The van der Waals surface area contributed by atoms with E-state index in [9.17, 15) is 9.59 Å². The minimum absolute atomic E-state index is 0.238. The van der Waals surface area contributed by atoms with Gasteiger partial charge in [0, 0.05) is 12.4 Å². The van der Waals surface area contributed by atoms with E-state index in [1.165, 1.54) is 24.5 Å². The number of halogens is 1. The highest BCUT2D eigenvalue weighted by Crippen LogP contribution is 2.27. The molecule has 0 spiro atoms. The number of anilines is 1. The van der Waals surface area contributed by atoms with Crippen LogP contribution in [0.3, 0.4) is 0 Å². The number of nitrogens with zero attached hydrogens (tertiary/aromatic N) is 4. The fraction of sp³-hybridized carbons (Fsp3) is 0. The Morgan fingerprint density at radius 3 is 2.50 bits per heavy atom. The van der Waals surface area contributed by atoms with Crippen LogP contribution < -0.4 is 5.32 Å². The summed E-state index contributed by atoms with van der Waals surface area (Å²) in [6.07, 6.45) is 2.40. The second-order valence-corrected chi connectivity index (χ2v) is 4.48. The van der Waals surface area contributed by atoms with E-state index >= 15 is 0 Å². The van der Waals surface area contributed by atoms with Gasteiger partial charge in [-0.25, -0.2) is 19.4 Å². The van der Waals surface area contributed by atoms with Gasteiger partial charge in [-0.05, 0) is 22.4 Å². The molecule has 0 radical (unpaired) electrons. The number of nitrogens with one attached hydrogen (secondary N) is 1. The molecule has 1 aromatic carbocycles. The van der Waals surface area contributed by atoms with Gasteiger partial charge in [0.05, 0.1) is 10.7 Å². The molecule has 0 fully saturated rings. The number of rotatable bonds is 3. The van der Waals surface area contributed by atoms with E-state index in [4.69, 9.17) is 16.7 Å². The third-order valence-electron chi connectivity index (χ3n) is 2.73. The highest BCUT2D eigenvalue weighted by atomic mass is 35.5. The normalized spacial score (nSPS) is 10.6. The molecule has 22 heavy (non-hydrogen) atoms. The standard InChI is InChI=1S/C12H6ClN5O4/c13-5-1-2-6(8-7(5)17-22-18-8)16-11(19)9-10(12(20)21)15-4-3-14-9/h1-4H,(H,16,19)(H,20,21). The lowest BCUT2D eigenvalue weighted by molar-refractivity contribution is 0.0685. The van der Waals surface area contributed by atoms with Crippen molar-refractivity contribution in [3.63, 3.8) is 0 Å². The topological polar surface area (TPSA) is 131 Å². The summed E-state index contributed by atoms with van der Waals surface area (Å²) in [6.45, 7) is 0. The van der Waals surface area contributed by atoms with E-state index in [0.29, 0.717) is 5.02 Å². The Balaban J connectivity index is 1.99. The van der Waals surface area contributed by atoms with Crippen molar-refractivity contribution in [2.45, 2.75) is 0 Å². The van der Waals surface area contributed by atoms with Gasteiger partial charge in [-0.1, -0.05) is 11.6 Å². The van der Waals surface area contributed by atoms with Gasteiger partial charge in [0.25, 0.3) is 5.91 Å². The number of aromatic nitrogens is 4. The molecule has 110 valence electrons. The van der Waals surface area contributed by atoms with Gasteiger partial charge in [0.2, 0.25) is 0 Å². The first-order valence-electron chi connectivity index (χ1n) is 5.84. The van der Waals surface area contributed by atoms with Gasteiger partial charge >= 0.3 is 5.97 Å². The quantitative estimate of drug-likeness (QED) is 0.744. The van der Waals surface area contributed by atoms with Crippen LogP contribution in [0.5, 0.6) is 0 Å². The Hall–Kier alpha value is -3.07. The molecule has 0 aliphatic heterocycles. The van der Waals surface area contributed by atoms with Gasteiger partial charge in [0.15, 0.2) is 22.4 Å². The van der Waals surface area contributed by atoms with Crippen molar-refractivity contribution in [2.75, 3.05) is 5.32 Å². The highest BCUT2D eigenvalue weighted by molar-refractivity contribution is 6.35. The van der Waals surface area contributed by atoms with Crippen LogP contribution in [0.1, 0.15) is 21.0 Å². The molecular weight excluding hydrogens is 314 g/mol. The van der Waals surface area contributed by atoms with Crippen molar-refractivity contribution < 1.29 is 19.3 Å². The van der Waals surface area contributed by atoms with Crippen molar-refractivity contribution in [1.29, 1.82) is 0 Å². The summed E-state index contributed by atoms with van der Waals surface area (Å²) in [5.41, 5.74) is -0.00985. The fourth-order valence-corrected chi connectivity index (χ4v) is 1.97. The number of carboxylic acid groups (broad SMARTS) is 1. The Labute approximate surface area is 126 Å². The lowest BCUT2D eigenvalue weighted by Gasteiger charge is -2.06. The number of amides is 1. The minimum atomic E-state index is -1.36. The molecule has 1 amide bonds. The predicted molar refractivity (Wildman–Crippen MR) is 73.8 cm³/mol. The molecule has 2 aromatic heterocycles. The minimum Gasteiger partial charge on any atom is -0.476 e. The van der Waals surface area contributed by atoms with Crippen molar-refractivity contribution in [3.8, 4) is 0 Å². The van der Waals surface area contributed by atoms with E-state index in [1.54, 1.807) is 0 Å². The average Bonchev–Trinajstić information content (AvgIpc) is 3.00. The van der Waals surface area contributed by atoms with E-state index in [2.05, 4.69) is 30.2 Å². The van der Waals surface area contributed by atoms with Gasteiger partial charge in [-0.3, -0.25) is 4.79 Å². The molecule has 0 aliphatic rings. The summed E-state index contributed by atoms with van der Waals surface area (Å²) in [6, 6.07) is 2.99. The summed E-state index contributed by atoms with van der Waals surface area (Å²) in [7, 11) is 0. The van der Waals surface area contributed by atoms with Gasteiger partial charge in [0.1, 0.15) is 0 Å². The number of benzene rings is 1. The molecule has 2 N–H and O–H groups in total. The van der Waals surface area contributed by atoms with E-state index < -0.39 is 17.6 Å². The molecule has 9 nitrogen and oxygen atoms in total. The summed E-state index contributed by atoms with van der Waals surface area (Å²) >= 11 is 5.92. The molecule has 3 rings (SSSR count). The molecule has 0 aliphatic carbocycles. The third-order valence-corrected chi connectivity index (χ3v) is 3.04.